The van der Waals surface area contributed by atoms with Gasteiger partial charge in [-0.3, -0.25) is 4.57 Å². The van der Waals surface area contributed by atoms with Crippen LogP contribution in [-0.2, 0) is 6.42 Å². The van der Waals surface area contributed by atoms with Crippen LogP contribution < -0.4 is 0 Å². The van der Waals surface area contributed by atoms with Gasteiger partial charge in [0.2, 0.25) is 0 Å². The zero-order valence-corrected chi connectivity index (χ0v) is 13.2. The first kappa shape index (κ1) is 13.5. The number of aromatic nitrogens is 2. The first-order valence-corrected chi connectivity index (χ1v) is 7.49. The molecule has 0 atom stereocenters. The molecule has 1 N–H and O–H groups in total. The number of aromatic amines is 1. The number of fused-ring (bicyclic) bond motifs is 1. The zero-order chi connectivity index (χ0) is 14.3. The molecule has 2 nitrogen and oxygen atoms in total. The number of nitrogens with one attached hydrogen (secondary N) is 1. The highest BCUT2D eigenvalue weighted by Gasteiger charge is 2.10. The van der Waals surface area contributed by atoms with Crippen molar-refractivity contribution in [3.63, 3.8) is 0 Å². The number of benzene rings is 2. The summed E-state index contributed by atoms with van der Waals surface area (Å²) in [5.41, 5.74) is 3.77. The van der Waals surface area contributed by atoms with Crippen molar-refractivity contribution in [3.8, 4) is 5.69 Å². The van der Waals surface area contributed by atoms with Gasteiger partial charge in [-0.2, -0.15) is 0 Å². The number of rotatable bonds is 2. The molecule has 0 spiro atoms. The van der Waals surface area contributed by atoms with Gasteiger partial charge in [-0.25, -0.2) is 4.39 Å². The van der Waals surface area contributed by atoms with Crippen LogP contribution in [0.4, 0.5) is 4.39 Å². The van der Waals surface area contributed by atoms with Gasteiger partial charge in [-0.1, -0.05) is 19.1 Å². The fraction of sp³-hybridized carbons (Fsp3) is 0.133. The van der Waals surface area contributed by atoms with E-state index in [2.05, 4.69) is 40.0 Å². The molecule has 1 aromatic heterocycles. The molecule has 102 valence electrons. The fourth-order valence-electron chi connectivity index (χ4n) is 2.27. The molecule has 0 aliphatic heterocycles. The van der Waals surface area contributed by atoms with Crippen molar-refractivity contribution in [2.75, 3.05) is 0 Å². The third-order valence-electron chi connectivity index (χ3n) is 3.30. The minimum absolute atomic E-state index is 0.303. The van der Waals surface area contributed by atoms with Crippen molar-refractivity contribution in [2.45, 2.75) is 13.3 Å². The summed E-state index contributed by atoms with van der Waals surface area (Å²) in [4.78, 5) is 3.05. The average Bonchev–Trinajstić information content (AvgIpc) is 2.74. The van der Waals surface area contributed by atoms with E-state index in [1.165, 1.54) is 11.6 Å². The topological polar surface area (TPSA) is 20.7 Å². The van der Waals surface area contributed by atoms with E-state index in [0.717, 1.165) is 17.6 Å². The van der Waals surface area contributed by atoms with Crippen LogP contribution in [0.25, 0.3) is 16.7 Å². The lowest BCUT2D eigenvalue weighted by atomic mass is 10.1. The van der Waals surface area contributed by atoms with E-state index in [1.54, 1.807) is 6.07 Å². The Morgan fingerprint density at radius 1 is 1.30 bits per heavy atom. The standard InChI is InChI=1S/C15H12BrFN2S/c1-2-9-4-3-5-10(6-9)19-14-7-11(16)12(17)8-13(14)18-15(19)20/h3-8H,2H2,1H3,(H,18,20). The Balaban J connectivity index is 2.32. The Hall–Kier alpha value is -1.46. The maximum absolute atomic E-state index is 13.6. The number of hydrogen-bond acceptors (Lipinski definition) is 1. The monoisotopic (exact) mass is 350 g/mol. The molecular weight excluding hydrogens is 339 g/mol. The normalized spacial score (nSPS) is 11.2. The molecule has 0 fully saturated rings. The first-order valence-electron chi connectivity index (χ1n) is 6.29. The molecule has 0 bridgehead atoms. The molecule has 0 unspecified atom stereocenters. The van der Waals surface area contributed by atoms with E-state index in [0.29, 0.717) is 14.8 Å². The molecule has 20 heavy (non-hydrogen) atoms. The van der Waals surface area contributed by atoms with Gasteiger partial charge in [0.25, 0.3) is 0 Å². The van der Waals surface area contributed by atoms with Crippen LogP contribution in [0.15, 0.2) is 40.9 Å². The molecule has 0 amide bonds. The van der Waals surface area contributed by atoms with E-state index < -0.39 is 0 Å². The SMILES string of the molecule is CCc1cccc(-n2c(=S)[nH]c3cc(F)c(Br)cc32)c1. The lowest BCUT2D eigenvalue weighted by molar-refractivity contribution is 0.623. The molecule has 0 saturated carbocycles. The molecular formula is C15H12BrFN2S. The number of aryl methyl sites for hydroxylation is 1. The van der Waals surface area contributed by atoms with Gasteiger partial charge < -0.3 is 4.98 Å². The number of nitrogens with zero attached hydrogens (tertiary/aromatic N) is 1. The molecule has 3 aromatic rings. The molecule has 0 radical (unpaired) electrons. The van der Waals surface area contributed by atoms with Crippen LogP contribution in [0.3, 0.4) is 0 Å². The van der Waals surface area contributed by atoms with E-state index in [-0.39, 0.29) is 5.82 Å². The lowest BCUT2D eigenvalue weighted by Gasteiger charge is -2.07. The maximum Gasteiger partial charge on any atom is 0.182 e. The summed E-state index contributed by atoms with van der Waals surface area (Å²) in [6.45, 7) is 2.11. The quantitative estimate of drug-likeness (QED) is 0.633. The number of halogens is 2. The Morgan fingerprint density at radius 2 is 2.10 bits per heavy atom. The Bertz CT molecular complexity index is 851. The molecule has 0 saturated heterocycles. The summed E-state index contributed by atoms with van der Waals surface area (Å²) in [5.74, 6) is -0.303. The summed E-state index contributed by atoms with van der Waals surface area (Å²) in [5, 5.41) is 0. The summed E-state index contributed by atoms with van der Waals surface area (Å²) in [6, 6.07) is 11.4. The second-order valence-corrected chi connectivity index (χ2v) is 5.81. The van der Waals surface area contributed by atoms with E-state index in [9.17, 15) is 4.39 Å². The maximum atomic E-state index is 13.6. The van der Waals surface area contributed by atoms with Crippen molar-refractivity contribution in [1.29, 1.82) is 0 Å². The van der Waals surface area contributed by atoms with Crippen molar-refractivity contribution < 1.29 is 4.39 Å². The highest BCUT2D eigenvalue weighted by molar-refractivity contribution is 9.10. The van der Waals surface area contributed by atoms with Crippen molar-refractivity contribution in [1.82, 2.24) is 9.55 Å². The Kier molecular flexibility index (Phi) is 3.48. The van der Waals surface area contributed by atoms with Crippen molar-refractivity contribution >= 4 is 39.2 Å². The average molecular weight is 351 g/mol. The molecule has 3 rings (SSSR count). The van der Waals surface area contributed by atoms with Crippen molar-refractivity contribution in [2.24, 2.45) is 0 Å². The predicted molar refractivity (Wildman–Crippen MR) is 85.5 cm³/mol. The minimum atomic E-state index is -0.303. The van der Waals surface area contributed by atoms with E-state index in [4.69, 9.17) is 12.2 Å². The van der Waals surface area contributed by atoms with Gasteiger partial charge in [-0.05, 0) is 58.3 Å². The van der Waals surface area contributed by atoms with E-state index >= 15 is 0 Å². The third-order valence-corrected chi connectivity index (χ3v) is 4.19. The van der Waals surface area contributed by atoms with Crippen LogP contribution >= 0.6 is 28.1 Å². The summed E-state index contributed by atoms with van der Waals surface area (Å²) in [7, 11) is 0. The second kappa shape index (κ2) is 5.14. The highest BCUT2D eigenvalue weighted by atomic mass is 79.9. The minimum Gasteiger partial charge on any atom is -0.330 e. The Labute approximate surface area is 129 Å². The van der Waals surface area contributed by atoms with Gasteiger partial charge >= 0.3 is 0 Å². The van der Waals surface area contributed by atoms with Gasteiger partial charge in [0.05, 0.1) is 15.5 Å². The first-order chi connectivity index (χ1) is 9.60. The third kappa shape index (κ3) is 2.21. The molecule has 0 aliphatic carbocycles. The van der Waals surface area contributed by atoms with Crippen LogP contribution in [0.5, 0.6) is 0 Å². The molecule has 5 heteroatoms. The number of imidazole rings is 1. The predicted octanol–water partition coefficient (Wildman–Crippen LogP) is 5.15. The van der Waals surface area contributed by atoms with Crippen molar-refractivity contribution in [3.05, 3.63) is 57.0 Å². The van der Waals surface area contributed by atoms with Crippen LogP contribution in [-0.4, -0.2) is 9.55 Å². The zero-order valence-electron chi connectivity index (χ0n) is 10.8. The molecule has 2 aromatic carbocycles. The number of H-pyrrole nitrogens is 1. The van der Waals surface area contributed by atoms with Crippen LogP contribution in [0, 0.1) is 10.6 Å². The van der Waals surface area contributed by atoms with E-state index in [1.807, 2.05) is 16.7 Å². The largest absolute Gasteiger partial charge is 0.330 e. The van der Waals surface area contributed by atoms with Gasteiger partial charge in [0, 0.05) is 11.8 Å². The summed E-state index contributed by atoms with van der Waals surface area (Å²) < 4.78 is 16.5. The smallest absolute Gasteiger partial charge is 0.182 e. The van der Waals surface area contributed by atoms with Crippen LogP contribution in [0.1, 0.15) is 12.5 Å². The highest BCUT2D eigenvalue weighted by Crippen LogP contribution is 2.26. The molecule has 1 heterocycles. The van der Waals surface area contributed by atoms with Crippen LogP contribution in [0.2, 0.25) is 0 Å². The van der Waals surface area contributed by atoms with Gasteiger partial charge in [-0.15, -0.1) is 0 Å². The summed E-state index contributed by atoms with van der Waals surface area (Å²) in [6.07, 6.45) is 0.960. The molecule has 0 aliphatic rings. The Morgan fingerprint density at radius 3 is 2.85 bits per heavy atom. The lowest BCUT2D eigenvalue weighted by Crippen LogP contribution is -1.95. The second-order valence-electron chi connectivity index (χ2n) is 4.57. The van der Waals surface area contributed by atoms with Gasteiger partial charge in [0.15, 0.2) is 4.77 Å². The summed E-state index contributed by atoms with van der Waals surface area (Å²) >= 11 is 8.59. The van der Waals surface area contributed by atoms with Gasteiger partial charge in [0.1, 0.15) is 5.82 Å². The number of hydrogen-bond donors (Lipinski definition) is 1. The fourth-order valence-corrected chi connectivity index (χ4v) is 2.92.